The summed E-state index contributed by atoms with van der Waals surface area (Å²) in [5, 5.41) is 17.7. The molecule has 1 aliphatic heterocycles. The van der Waals surface area contributed by atoms with Crippen LogP contribution in [0.2, 0.25) is 0 Å². The largest absolute Gasteiger partial charge is 0.394 e. The molecule has 2 unspecified atom stereocenters. The molecule has 1 fully saturated rings. The van der Waals surface area contributed by atoms with Crippen LogP contribution in [0.25, 0.3) is 0 Å². The number of ether oxygens (including phenoxy) is 1. The first-order valence-electron chi connectivity index (χ1n) is 3.12. The normalized spacial score (nSPS) is 48.0. The summed E-state index contributed by atoms with van der Waals surface area (Å²) in [5.74, 6) is 0. The van der Waals surface area contributed by atoms with Crippen molar-refractivity contribution >= 4 is 0 Å². The fourth-order valence-corrected chi connectivity index (χ4v) is 0.977. The molecule has 4 N–H and O–H groups in total. The molecule has 1 saturated heterocycles. The van der Waals surface area contributed by atoms with Crippen molar-refractivity contribution in [1.29, 1.82) is 0 Å². The average molecular weight is 145 g/mol. The molecule has 4 heteroatoms. The Kier molecular flexibility index (Phi) is 2.25. The minimum atomic E-state index is -0.864. The third-order valence-corrected chi connectivity index (χ3v) is 1.67. The topological polar surface area (TPSA) is 75.7 Å². The van der Waals surface area contributed by atoms with Gasteiger partial charge in [0.25, 0.3) is 0 Å². The van der Waals surface area contributed by atoms with Gasteiger partial charge in [-0.2, -0.15) is 0 Å². The molecule has 0 saturated carbocycles. The molecule has 0 bridgehead atoms. The van der Waals surface area contributed by atoms with E-state index in [1.807, 2.05) is 0 Å². The number of hydrogen-bond donors (Lipinski definition) is 3. The predicted molar refractivity (Wildman–Crippen MR) is 34.0 cm³/mol. The van der Waals surface area contributed by atoms with Gasteiger partial charge in [-0.1, -0.05) is 0 Å². The van der Waals surface area contributed by atoms with Gasteiger partial charge in [0.15, 0.2) is 0 Å². The summed E-state index contributed by atoms with van der Waals surface area (Å²) < 4.78 is 4.89. The first-order valence-corrected chi connectivity index (χ1v) is 3.12. The summed E-state index contributed by atoms with van der Waals surface area (Å²) in [7, 11) is 0. The van der Waals surface area contributed by atoms with Gasteiger partial charge < -0.3 is 20.7 Å². The van der Waals surface area contributed by atoms with Crippen LogP contribution in [-0.2, 0) is 4.74 Å². The van der Waals surface area contributed by atoms with E-state index in [1.165, 1.54) is 0 Å². The van der Waals surface area contributed by atoms with Crippen molar-refractivity contribution < 1.29 is 14.9 Å². The van der Waals surface area contributed by atoms with Crippen LogP contribution >= 0.6 is 0 Å². The zero-order valence-corrected chi connectivity index (χ0v) is 5.47. The van der Waals surface area contributed by atoms with Gasteiger partial charge in [0.1, 0.15) is 0 Å². The second-order valence-corrected chi connectivity index (χ2v) is 2.39. The first kappa shape index (κ1) is 7.94. The molecule has 1 heterocycles. The standard InChI is InChI=1S/C6H11NO3/c1-3-6(9)5(7)4(2-8)10-3/h1,3-6,8-9H,2,7H2/t3?,4-,5+,6?/m1/s1. The van der Waals surface area contributed by atoms with Gasteiger partial charge in [-0.05, 0) is 6.92 Å². The van der Waals surface area contributed by atoms with Crippen LogP contribution < -0.4 is 5.73 Å². The van der Waals surface area contributed by atoms with Crippen LogP contribution in [0.15, 0.2) is 0 Å². The molecule has 1 rings (SSSR count). The van der Waals surface area contributed by atoms with E-state index in [2.05, 4.69) is 0 Å². The fourth-order valence-electron chi connectivity index (χ4n) is 0.977. The lowest BCUT2D eigenvalue weighted by Gasteiger charge is -2.11. The summed E-state index contributed by atoms with van der Waals surface area (Å²) in [5.41, 5.74) is 5.41. The quantitative estimate of drug-likeness (QED) is 0.404. The van der Waals surface area contributed by atoms with Gasteiger partial charge in [0.2, 0.25) is 0 Å². The Labute approximate surface area is 59.6 Å². The minimum Gasteiger partial charge on any atom is -0.394 e. The van der Waals surface area contributed by atoms with Gasteiger partial charge in [-0.25, -0.2) is 0 Å². The second kappa shape index (κ2) is 2.84. The molecule has 0 spiro atoms. The molecule has 4 atom stereocenters. The Hall–Kier alpha value is -0.160. The van der Waals surface area contributed by atoms with Crippen LogP contribution in [-0.4, -0.2) is 41.2 Å². The first-order chi connectivity index (χ1) is 4.66. The molecule has 0 aromatic rings. The maximum absolute atomic E-state index is 9.08. The fraction of sp³-hybridized carbons (Fsp3) is 0.833. The van der Waals surface area contributed by atoms with Crippen molar-refractivity contribution in [2.75, 3.05) is 6.61 Å². The van der Waals surface area contributed by atoms with E-state index in [0.29, 0.717) is 0 Å². The van der Waals surface area contributed by atoms with Crippen LogP contribution in [0.1, 0.15) is 0 Å². The molecule has 4 nitrogen and oxygen atoms in total. The van der Waals surface area contributed by atoms with E-state index in [0.717, 1.165) is 0 Å². The molecular formula is C6H11NO3. The van der Waals surface area contributed by atoms with Crippen molar-refractivity contribution in [2.24, 2.45) is 5.73 Å². The smallest absolute Gasteiger partial charge is 0.0987 e. The van der Waals surface area contributed by atoms with Gasteiger partial charge in [0, 0.05) is 0 Å². The van der Waals surface area contributed by atoms with Gasteiger partial charge in [-0.15, -0.1) is 0 Å². The summed E-state index contributed by atoms with van der Waals surface area (Å²) in [6, 6.07) is -0.569. The Morgan fingerprint density at radius 3 is 2.40 bits per heavy atom. The van der Waals surface area contributed by atoms with E-state index >= 15 is 0 Å². The Morgan fingerprint density at radius 1 is 1.60 bits per heavy atom. The van der Waals surface area contributed by atoms with Crippen molar-refractivity contribution in [1.82, 2.24) is 0 Å². The zero-order chi connectivity index (χ0) is 7.72. The zero-order valence-electron chi connectivity index (χ0n) is 5.47. The Bertz CT molecular complexity index is 120. The highest BCUT2D eigenvalue weighted by atomic mass is 16.5. The molecule has 0 aromatic carbocycles. The SMILES string of the molecule is [CH]C1O[C@H](CO)[C@H](N)C1O. The lowest BCUT2D eigenvalue weighted by atomic mass is 10.1. The third-order valence-electron chi connectivity index (χ3n) is 1.67. The van der Waals surface area contributed by atoms with Crippen LogP contribution in [0.3, 0.4) is 0 Å². The van der Waals surface area contributed by atoms with Crippen LogP contribution in [0.4, 0.5) is 0 Å². The molecule has 0 amide bonds. The van der Waals surface area contributed by atoms with Crippen molar-refractivity contribution in [2.45, 2.75) is 24.4 Å². The monoisotopic (exact) mass is 145 g/mol. The maximum atomic E-state index is 9.08. The number of aliphatic hydroxyl groups is 2. The highest BCUT2D eigenvalue weighted by Crippen LogP contribution is 2.17. The lowest BCUT2D eigenvalue weighted by molar-refractivity contribution is 0.0125. The highest BCUT2D eigenvalue weighted by molar-refractivity contribution is 4.94. The van der Waals surface area contributed by atoms with E-state index in [4.69, 9.17) is 27.6 Å². The lowest BCUT2D eigenvalue weighted by Crippen LogP contribution is -2.41. The highest BCUT2D eigenvalue weighted by Gasteiger charge is 2.38. The summed E-state index contributed by atoms with van der Waals surface area (Å²) in [4.78, 5) is 0. The predicted octanol–water partition coefficient (Wildman–Crippen LogP) is -1.85. The molecule has 0 aliphatic carbocycles. The Balaban J connectivity index is 2.53. The van der Waals surface area contributed by atoms with Crippen molar-refractivity contribution in [3.8, 4) is 0 Å². The molecule has 10 heavy (non-hydrogen) atoms. The van der Waals surface area contributed by atoms with E-state index in [9.17, 15) is 0 Å². The molecule has 58 valence electrons. The van der Waals surface area contributed by atoms with Gasteiger partial charge in [-0.3, -0.25) is 0 Å². The van der Waals surface area contributed by atoms with E-state index in [1.54, 1.807) is 0 Å². The summed E-state index contributed by atoms with van der Waals surface area (Å²) in [6.07, 6.45) is -2.14. The number of nitrogens with two attached hydrogens (primary N) is 1. The Morgan fingerprint density at radius 2 is 2.20 bits per heavy atom. The van der Waals surface area contributed by atoms with E-state index in [-0.39, 0.29) is 6.61 Å². The van der Waals surface area contributed by atoms with Gasteiger partial charge in [0.05, 0.1) is 31.0 Å². The third kappa shape index (κ3) is 1.15. The number of rotatable bonds is 1. The van der Waals surface area contributed by atoms with Crippen molar-refractivity contribution in [3.05, 3.63) is 6.92 Å². The van der Waals surface area contributed by atoms with Crippen LogP contribution in [0.5, 0.6) is 0 Å². The molecule has 0 aromatic heterocycles. The molecule has 2 radical (unpaired) electrons. The summed E-state index contributed by atoms with van der Waals surface area (Å²) >= 11 is 0. The maximum Gasteiger partial charge on any atom is 0.0987 e. The average Bonchev–Trinajstić information content (AvgIpc) is 2.17. The molecule has 1 aliphatic rings. The number of aliphatic hydroxyl groups excluding tert-OH is 2. The molecular weight excluding hydrogens is 134 g/mol. The second-order valence-electron chi connectivity index (χ2n) is 2.39. The number of hydrogen-bond acceptors (Lipinski definition) is 4. The minimum absolute atomic E-state index is 0.202. The van der Waals surface area contributed by atoms with Gasteiger partial charge >= 0.3 is 0 Å². The van der Waals surface area contributed by atoms with E-state index < -0.39 is 24.4 Å². The summed E-state index contributed by atoms with van der Waals surface area (Å²) in [6.45, 7) is 5.07. The van der Waals surface area contributed by atoms with Crippen LogP contribution in [0, 0.1) is 6.92 Å². The van der Waals surface area contributed by atoms with Crippen molar-refractivity contribution in [3.63, 3.8) is 0 Å².